The molecular weight excluding hydrogens is 308 g/mol. The number of halogens is 1. The van der Waals surface area contributed by atoms with Crippen LogP contribution in [0.25, 0.3) is 0 Å². The third-order valence-corrected chi connectivity index (χ3v) is 4.00. The number of carbonyl (C=O) groups is 1. The molecule has 2 unspecified atom stereocenters. The molecule has 0 amide bonds. The van der Waals surface area contributed by atoms with Crippen LogP contribution in [0.1, 0.15) is 19.8 Å². The quantitative estimate of drug-likeness (QED) is 0.896. The molecule has 0 bridgehead atoms. The van der Waals surface area contributed by atoms with Crippen LogP contribution >= 0.6 is 15.9 Å². The number of hydrogen-bond donors (Lipinski definition) is 2. The first-order valence-electron chi connectivity index (χ1n) is 6.53. The third-order valence-electron chi connectivity index (χ3n) is 3.51. The average molecular weight is 327 g/mol. The Morgan fingerprint density at radius 1 is 1.58 bits per heavy atom. The van der Waals surface area contributed by atoms with E-state index in [4.69, 9.17) is 5.11 Å². The molecule has 0 aliphatic carbocycles. The van der Waals surface area contributed by atoms with E-state index < -0.39 is 5.97 Å². The molecule has 0 spiro atoms. The Labute approximate surface area is 121 Å². The molecule has 104 valence electrons. The van der Waals surface area contributed by atoms with Crippen LogP contribution in [0.15, 0.2) is 28.7 Å². The van der Waals surface area contributed by atoms with Gasteiger partial charge in [-0.3, -0.25) is 4.79 Å². The van der Waals surface area contributed by atoms with Crippen LogP contribution in [0.4, 0.5) is 5.69 Å². The van der Waals surface area contributed by atoms with Crippen LogP contribution < -0.4 is 10.2 Å². The van der Waals surface area contributed by atoms with Crippen LogP contribution in [0.2, 0.25) is 0 Å². The lowest BCUT2D eigenvalue weighted by molar-refractivity contribution is -0.137. The molecule has 19 heavy (non-hydrogen) atoms. The molecule has 1 aromatic carbocycles. The minimum atomic E-state index is -0.749. The molecule has 2 N–H and O–H groups in total. The highest BCUT2D eigenvalue weighted by molar-refractivity contribution is 9.10. The van der Waals surface area contributed by atoms with E-state index in [0.29, 0.717) is 6.04 Å². The van der Waals surface area contributed by atoms with Gasteiger partial charge in [0.05, 0.1) is 6.42 Å². The zero-order valence-electron chi connectivity index (χ0n) is 11.0. The lowest BCUT2D eigenvalue weighted by Crippen LogP contribution is -2.41. The molecule has 0 radical (unpaired) electrons. The van der Waals surface area contributed by atoms with Crippen molar-refractivity contribution in [2.24, 2.45) is 0 Å². The summed E-state index contributed by atoms with van der Waals surface area (Å²) in [5, 5.41) is 12.3. The number of anilines is 1. The van der Waals surface area contributed by atoms with Crippen molar-refractivity contribution in [1.29, 1.82) is 0 Å². The standard InChI is InChI=1S/C14H19BrN2O2/c1-10-5-6-16-12(8-14(18)19)9-17(10)13-4-2-3-11(15)7-13/h2-4,7,10,12,16H,5-6,8-9H2,1H3,(H,18,19). The second-order valence-electron chi connectivity index (χ2n) is 5.02. The second kappa shape index (κ2) is 6.39. The largest absolute Gasteiger partial charge is 0.481 e. The molecule has 2 atom stereocenters. The zero-order valence-corrected chi connectivity index (χ0v) is 12.6. The van der Waals surface area contributed by atoms with Gasteiger partial charge in [0.1, 0.15) is 0 Å². The van der Waals surface area contributed by atoms with E-state index in [1.807, 2.05) is 12.1 Å². The topological polar surface area (TPSA) is 52.6 Å². The normalized spacial score (nSPS) is 24.0. The summed E-state index contributed by atoms with van der Waals surface area (Å²) < 4.78 is 1.05. The van der Waals surface area contributed by atoms with Crippen LogP contribution in [0, 0.1) is 0 Å². The molecule has 1 saturated heterocycles. The third kappa shape index (κ3) is 3.94. The number of benzene rings is 1. The fraction of sp³-hybridized carbons (Fsp3) is 0.500. The number of nitrogens with zero attached hydrogens (tertiary/aromatic N) is 1. The van der Waals surface area contributed by atoms with Crippen molar-refractivity contribution < 1.29 is 9.90 Å². The first kappa shape index (κ1) is 14.3. The predicted molar refractivity (Wildman–Crippen MR) is 79.6 cm³/mol. The predicted octanol–water partition coefficient (Wildman–Crippen LogP) is 2.48. The number of hydrogen-bond acceptors (Lipinski definition) is 3. The lowest BCUT2D eigenvalue weighted by Gasteiger charge is -2.31. The Hall–Kier alpha value is -1.07. The van der Waals surface area contributed by atoms with Crippen molar-refractivity contribution in [1.82, 2.24) is 5.32 Å². The molecule has 1 fully saturated rings. The first-order chi connectivity index (χ1) is 9.06. The highest BCUT2D eigenvalue weighted by atomic mass is 79.9. The van der Waals surface area contributed by atoms with Crippen LogP contribution in [0.3, 0.4) is 0 Å². The van der Waals surface area contributed by atoms with Gasteiger partial charge in [-0.05, 0) is 38.1 Å². The van der Waals surface area contributed by atoms with Crippen molar-refractivity contribution in [2.75, 3.05) is 18.0 Å². The molecular formula is C14H19BrN2O2. The monoisotopic (exact) mass is 326 g/mol. The van der Waals surface area contributed by atoms with Crippen LogP contribution in [0.5, 0.6) is 0 Å². The number of carboxylic acid groups (broad SMARTS) is 1. The van der Waals surface area contributed by atoms with Crippen LogP contribution in [-0.2, 0) is 4.79 Å². The van der Waals surface area contributed by atoms with Crippen molar-refractivity contribution in [2.45, 2.75) is 31.8 Å². The van der Waals surface area contributed by atoms with E-state index >= 15 is 0 Å². The number of carboxylic acids is 1. The average Bonchev–Trinajstić information content (AvgIpc) is 2.51. The van der Waals surface area contributed by atoms with E-state index in [1.54, 1.807) is 0 Å². The molecule has 1 aliphatic heterocycles. The van der Waals surface area contributed by atoms with Gasteiger partial charge >= 0.3 is 5.97 Å². The Balaban J connectivity index is 2.17. The van der Waals surface area contributed by atoms with Crippen molar-refractivity contribution in [3.63, 3.8) is 0 Å². The maximum absolute atomic E-state index is 10.9. The fourth-order valence-electron chi connectivity index (χ4n) is 2.50. The molecule has 0 aromatic heterocycles. The Morgan fingerprint density at radius 3 is 3.05 bits per heavy atom. The summed E-state index contributed by atoms with van der Waals surface area (Å²) in [4.78, 5) is 13.2. The van der Waals surface area contributed by atoms with E-state index in [9.17, 15) is 4.79 Å². The Morgan fingerprint density at radius 2 is 2.37 bits per heavy atom. The number of nitrogens with one attached hydrogen (secondary N) is 1. The summed E-state index contributed by atoms with van der Waals surface area (Å²) in [6.07, 6.45) is 1.18. The molecule has 5 heteroatoms. The maximum atomic E-state index is 10.9. The van der Waals surface area contributed by atoms with Gasteiger partial charge in [0.25, 0.3) is 0 Å². The van der Waals surface area contributed by atoms with E-state index in [2.05, 4.69) is 45.2 Å². The highest BCUT2D eigenvalue weighted by Crippen LogP contribution is 2.24. The molecule has 0 saturated carbocycles. The highest BCUT2D eigenvalue weighted by Gasteiger charge is 2.24. The van der Waals surface area contributed by atoms with Crippen LogP contribution in [-0.4, -0.2) is 36.2 Å². The van der Waals surface area contributed by atoms with Crippen molar-refractivity contribution in [3.05, 3.63) is 28.7 Å². The van der Waals surface area contributed by atoms with Gasteiger partial charge in [-0.15, -0.1) is 0 Å². The van der Waals surface area contributed by atoms with Gasteiger partial charge < -0.3 is 15.3 Å². The smallest absolute Gasteiger partial charge is 0.304 e. The maximum Gasteiger partial charge on any atom is 0.304 e. The van der Waals surface area contributed by atoms with Gasteiger partial charge in [-0.2, -0.15) is 0 Å². The van der Waals surface area contributed by atoms with E-state index in [1.165, 1.54) is 0 Å². The fourth-order valence-corrected chi connectivity index (χ4v) is 2.88. The summed E-state index contributed by atoms with van der Waals surface area (Å²) in [5.74, 6) is -0.749. The summed E-state index contributed by atoms with van der Waals surface area (Å²) in [5.41, 5.74) is 1.14. The first-order valence-corrected chi connectivity index (χ1v) is 7.33. The number of aliphatic carboxylic acids is 1. The summed E-state index contributed by atoms with van der Waals surface area (Å²) in [6, 6.07) is 8.57. The van der Waals surface area contributed by atoms with Gasteiger partial charge in [-0.1, -0.05) is 22.0 Å². The molecule has 1 heterocycles. The van der Waals surface area contributed by atoms with Gasteiger partial charge in [0.15, 0.2) is 0 Å². The van der Waals surface area contributed by atoms with Gasteiger partial charge in [0.2, 0.25) is 0 Å². The molecule has 1 aromatic rings. The van der Waals surface area contributed by atoms with Gasteiger partial charge in [0, 0.05) is 28.8 Å². The minimum absolute atomic E-state index is 0.00133. The zero-order chi connectivity index (χ0) is 13.8. The molecule has 4 nitrogen and oxygen atoms in total. The van der Waals surface area contributed by atoms with Crippen molar-refractivity contribution in [3.8, 4) is 0 Å². The Kier molecular flexibility index (Phi) is 4.82. The van der Waals surface area contributed by atoms with Gasteiger partial charge in [-0.25, -0.2) is 0 Å². The van der Waals surface area contributed by atoms with E-state index in [-0.39, 0.29) is 12.5 Å². The second-order valence-corrected chi connectivity index (χ2v) is 5.93. The van der Waals surface area contributed by atoms with Crippen molar-refractivity contribution >= 4 is 27.6 Å². The molecule has 1 aliphatic rings. The Bertz CT molecular complexity index is 453. The summed E-state index contributed by atoms with van der Waals surface area (Å²) in [6.45, 7) is 3.78. The summed E-state index contributed by atoms with van der Waals surface area (Å²) >= 11 is 3.49. The van der Waals surface area contributed by atoms with E-state index in [0.717, 1.165) is 29.7 Å². The molecule has 2 rings (SSSR count). The SMILES string of the molecule is CC1CCNC(CC(=O)O)CN1c1cccc(Br)c1. The summed E-state index contributed by atoms with van der Waals surface area (Å²) in [7, 11) is 0. The number of rotatable bonds is 3. The lowest BCUT2D eigenvalue weighted by atomic mass is 10.1. The minimum Gasteiger partial charge on any atom is -0.481 e.